The molecule has 0 aliphatic heterocycles. The van der Waals surface area contributed by atoms with Gasteiger partial charge in [0.05, 0.1) is 0 Å². The van der Waals surface area contributed by atoms with Crippen LogP contribution in [0.25, 0.3) is 0 Å². The van der Waals surface area contributed by atoms with Crippen LogP contribution < -0.4 is 0 Å². The van der Waals surface area contributed by atoms with E-state index in [0.29, 0.717) is 6.04 Å². The minimum atomic E-state index is 0.399. The van der Waals surface area contributed by atoms with E-state index in [-0.39, 0.29) is 0 Å². The van der Waals surface area contributed by atoms with Crippen molar-refractivity contribution in [2.75, 3.05) is 0 Å². The molecule has 0 amide bonds. The number of H-pyrrole nitrogens is 1. The summed E-state index contributed by atoms with van der Waals surface area (Å²) in [6, 6.07) is 0.399. The fraction of sp³-hybridized carbons (Fsp3) is 0.846. The van der Waals surface area contributed by atoms with Crippen molar-refractivity contribution < 1.29 is 0 Å². The number of nitrogens with zero attached hydrogens (tertiary/aromatic N) is 2. The summed E-state index contributed by atoms with van der Waals surface area (Å²) < 4.78 is 2.88. The molecule has 3 nitrogen and oxygen atoms in total. The second kappa shape index (κ2) is 7.64. The molecule has 0 saturated heterocycles. The molecular weight excluding hydrogens is 230 g/mol. The van der Waals surface area contributed by atoms with E-state index in [1.54, 1.807) is 0 Å². The largest absolute Gasteiger partial charge is 0.302 e. The minimum Gasteiger partial charge on any atom is -0.302 e. The van der Waals surface area contributed by atoms with E-state index < -0.39 is 0 Å². The third-order valence-electron chi connectivity index (χ3n) is 3.05. The van der Waals surface area contributed by atoms with Crippen LogP contribution >= 0.6 is 12.2 Å². The van der Waals surface area contributed by atoms with Gasteiger partial charge in [-0.05, 0) is 32.5 Å². The zero-order valence-electron chi connectivity index (χ0n) is 11.3. The van der Waals surface area contributed by atoms with Crippen LogP contribution in [0.15, 0.2) is 0 Å². The molecule has 98 valence electrons. The summed E-state index contributed by atoms with van der Waals surface area (Å²) in [6.45, 7) is 6.55. The number of aryl methyl sites for hydroxylation is 1. The van der Waals surface area contributed by atoms with Gasteiger partial charge in [-0.1, -0.05) is 39.0 Å². The number of nitrogens with one attached hydrogen (secondary N) is 1. The zero-order chi connectivity index (χ0) is 12.7. The quantitative estimate of drug-likeness (QED) is 0.551. The first-order valence-corrected chi connectivity index (χ1v) is 7.23. The molecule has 1 rings (SSSR count). The highest BCUT2D eigenvalue weighted by molar-refractivity contribution is 7.71. The van der Waals surface area contributed by atoms with E-state index in [9.17, 15) is 0 Å². The van der Waals surface area contributed by atoms with E-state index in [0.717, 1.165) is 17.0 Å². The number of aromatic nitrogens is 3. The molecule has 0 spiro atoms. The number of hydrogen-bond donors (Lipinski definition) is 1. The third kappa shape index (κ3) is 4.62. The monoisotopic (exact) mass is 255 g/mol. The van der Waals surface area contributed by atoms with Crippen LogP contribution in [0, 0.1) is 4.77 Å². The number of rotatable bonds is 8. The molecule has 0 bridgehead atoms. The maximum absolute atomic E-state index is 5.23. The summed E-state index contributed by atoms with van der Waals surface area (Å²) in [5.41, 5.74) is 0. The molecular formula is C13H25N3S. The van der Waals surface area contributed by atoms with Gasteiger partial charge in [-0.15, -0.1) is 0 Å². The molecule has 0 radical (unpaired) electrons. The van der Waals surface area contributed by atoms with E-state index in [2.05, 4.69) is 35.5 Å². The molecule has 1 heterocycles. The molecule has 0 aliphatic carbocycles. The molecule has 17 heavy (non-hydrogen) atoms. The molecule has 0 aromatic carbocycles. The highest BCUT2D eigenvalue weighted by Crippen LogP contribution is 2.12. The van der Waals surface area contributed by atoms with Gasteiger partial charge in [0.1, 0.15) is 5.82 Å². The fourth-order valence-electron chi connectivity index (χ4n) is 2.11. The normalized spacial score (nSPS) is 11.3. The van der Waals surface area contributed by atoms with Gasteiger partial charge in [0.15, 0.2) is 4.77 Å². The van der Waals surface area contributed by atoms with Crippen molar-refractivity contribution in [3.63, 3.8) is 0 Å². The van der Waals surface area contributed by atoms with Gasteiger partial charge >= 0.3 is 0 Å². The van der Waals surface area contributed by atoms with Crippen molar-refractivity contribution in [1.29, 1.82) is 0 Å². The second-order valence-corrected chi connectivity index (χ2v) is 5.31. The van der Waals surface area contributed by atoms with Crippen LogP contribution in [0.1, 0.15) is 71.2 Å². The lowest BCUT2D eigenvalue weighted by molar-refractivity contribution is 0.540. The summed E-state index contributed by atoms with van der Waals surface area (Å²) in [6.07, 6.45) is 8.95. The lowest BCUT2D eigenvalue weighted by atomic mass is 10.1. The van der Waals surface area contributed by atoms with Gasteiger partial charge in [0, 0.05) is 12.5 Å². The second-order valence-electron chi connectivity index (χ2n) is 4.93. The van der Waals surface area contributed by atoms with Crippen LogP contribution in [0.3, 0.4) is 0 Å². The summed E-state index contributed by atoms with van der Waals surface area (Å²) in [7, 11) is 0. The molecule has 0 saturated carbocycles. The van der Waals surface area contributed by atoms with Crippen molar-refractivity contribution in [3.05, 3.63) is 10.6 Å². The van der Waals surface area contributed by atoms with Gasteiger partial charge < -0.3 is 4.57 Å². The van der Waals surface area contributed by atoms with Crippen molar-refractivity contribution in [2.24, 2.45) is 0 Å². The van der Waals surface area contributed by atoms with Crippen LogP contribution in [0.2, 0.25) is 0 Å². The van der Waals surface area contributed by atoms with Gasteiger partial charge in [-0.25, -0.2) is 0 Å². The molecule has 0 atom stereocenters. The van der Waals surface area contributed by atoms with E-state index in [4.69, 9.17) is 12.2 Å². The van der Waals surface area contributed by atoms with Gasteiger partial charge in [-0.3, -0.25) is 5.10 Å². The Morgan fingerprint density at radius 2 is 1.82 bits per heavy atom. The average molecular weight is 255 g/mol. The summed E-state index contributed by atoms with van der Waals surface area (Å²) in [4.78, 5) is 0. The molecule has 1 aromatic heterocycles. The molecule has 0 fully saturated rings. The standard InChI is InChI=1S/C13H25N3S/c1-4-5-6-7-8-9-10-12-14-15-13(17)16(12)11(2)3/h11H,4-10H2,1-3H3,(H,15,17). The van der Waals surface area contributed by atoms with E-state index in [1.807, 2.05) is 0 Å². The Morgan fingerprint density at radius 3 is 2.47 bits per heavy atom. The minimum absolute atomic E-state index is 0.399. The smallest absolute Gasteiger partial charge is 0.195 e. The van der Waals surface area contributed by atoms with Crippen LogP contribution in [0.5, 0.6) is 0 Å². The topological polar surface area (TPSA) is 33.6 Å². The zero-order valence-corrected chi connectivity index (χ0v) is 12.1. The van der Waals surface area contributed by atoms with Crippen molar-refractivity contribution >= 4 is 12.2 Å². The first kappa shape index (κ1) is 14.4. The van der Waals surface area contributed by atoms with Gasteiger partial charge in [0.25, 0.3) is 0 Å². The lowest BCUT2D eigenvalue weighted by Gasteiger charge is -2.09. The Kier molecular flexibility index (Phi) is 6.48. The fourth-order valence-corrected chi connectivity index (χ4v) is 2.47. The molecule has 1 aromatic rings. The number of unbranched alkanes of at least 4 members (excludes halogenated alkanes) is 5. The van der Waals surface area contributed by atoms with Crippen LogP contribution in [-0.4, -0.2) is 14.8 Å². The molecule has 0 aliphatic rings. The maximum atomic E-state index is 5.23. The Balaban J connectivity index is 2.34. The highest BCUT2D eigenvalue weighted by Gasteiger charge is 2.08. The molecule has 1 N–H and O–H groups in total. The van der Waals surface area contributed by atoms with Crippen LogP contribution in [0.4, 0.5) is 0 Å². The number of hydrogen-bond acceptors (Lipinski definition) is 2. The van der Waals surface area contributed by atoms with Crippen molar-refractivity contribution in [3.8, 4) is 0 Å². The SMILES string of the molecule is CCCCCCCCc1n[nH]c(=S)n1C(C)C. The van der Waals surface area contributed by atoms with Crippen molar-refractivity contribution in [2.45, 2.75) is 71.8 Å². The Labute approximate surface area is 110 Å². The van der Waals surface area contributed by atoms with Gasteiger partial charge in [-0.2, -0.15) is 5.10 Å². The highest BCUT2D eigenvalue weighted by atomic mass is 32.1. The van der Waals surface area contributed by atoms with E-state index >= 15 is 0 Å². The van der Waals surface area contributed by atoms with Crippen LogP contribution in [-0.2, 0) is 6.42 Å². The van der Waals surface area contributed by atoms with Crippen molar-refractivity contribution in [1.82, 2.24) is 14.8 Å². The molecule has 0 unspecified atom stereocenters. The third-order valence-corrected chi connectivity index (χ3v) is 3.34. The Bertz CT molecular complexity index is 365. The Hall–Kier alpha value is -0.640. The average Bonchev–Trinajstić information content (AvgIpc) is 2.65. The summed E-state index contributed by atoms with van der Waals surface area (Å²) in [5.74, 6) is 1.11. The predicted molar refractivity (Wildman–Crippen MR) is 74.9 cm³/mol. The number of aromatic amines is 1. The van der Waals surface area contributed by atoms with Gasteiger partial charge in [0.2, 0.25) is 0 Å². The summed E-state index contributed by atoms with van der Waals surface area (Å²) in [5, 5.41) is 7.21. The lowest BCUT2D eigenvalue weighted by Crippen LogP contribution is -2.06. The predicted octanol–water partition coefficient (Wildman–Crippen LogP) is 4.42. The molecule has 4 heteroatoms. The van der Waals surface area contributed by atoms with E-state index in [1.165, 1.54) is 38.5 Å². The first-order valence-electron chi connectivity index (χ1n) is 6.82. The Morgan fingerprint density at radius 1 is 1.18 bits per heavy atom. The maximum Gasteiger partial charge on any atom is 0.195 e. The summed E-state index contributed by atoms with van der Waals surface area (Å²) >= 11 is 5.23. The first-order chi connectivity index (χ1) is 8.16.